The molecule has 5 aromatic rings. The first-order valence-electron chi connectivity index (χ1n) is 14.5. The molecule has 4 heterocycles. The maximum atomic E-state index is 13.2. The summed E-state index contributed by atoms with van der Waals surface area (Å²) >= 11 is 1.20. The molecule has 0 bridgehead atoms. The van der Waals surface area contributed by atoms with Gasteiger partial charge in [-0.2, -0.15) is 4.99 Å². The predicted octanol–water partition coefficient (Wildman–Crippen LogP) is 3.61. The highest BCUT2D eigenvalue weighted by molar-refractivity contribution is 7.16. The predicted molar refractivity (Wildman–Crippen MR) is 171 cm³/mol. The van der Waals surface area contributed by atoms with Crippen molar-refractivity contribution in [2.45, 2.75) is 46.2 Å². The van der Waals surface area contributed by atoms with Crippen LogP contribution in [0.3, 0.4) is 0 Å². The number of thiazole rings is 1. The summed E-state index contributed by atoms with van der Waals surface area (Å²) in [5, 5.41) is 3.09. The molecule has 0 atom stereocenters. The van der Waals surface area contributed by atoms with E-state index < -0.39 is 11.8 Å². The van der Waals surface area contributed by atoms with Crippen molar-refractivity contribution in [3.8, 4) is 5.75 Å². The third kappa shape index (κ3) is 6.63. The number of benzene rings is 1. The largest absolute Gasteiger partial charge is 0.491 e. The zero-order chi connectivity index (χ0) is 32.8. The molecule has 0 unspecified atom stereocenters. The molecule has 238 valence electrons. The number of carbonyl (C=O) groups is 4. The molecule has 3 N–H and O–H groups in total. The van der Waals surface area contributed by atoms with E-state index in [2.05, 4.69) is 25.3 Å². The highest BCUT2D eigenvalue weighted by atomic mass is 32.1. The number of imidazole rings is 1. The summed E-state index contributed by atoms with van der Waals surface area (Å²) in [5.41, 5.74) is 8.44. The van der Waals surface area contributed by atoms with E-state index in [1.54, 1.807) is 36.7 Å². The number of aromatic nitrogens is 5. The number of oxazole rings is 1. The quantitative estimate of drug-likeness (QED) is 0.103. The Balaban J connectivity index is 1.50. The van der Waals surface area contributed by atoms with E-state index in [1.165, 1.54) is 17.5 Å². The van der Waals surface area contributed by atoms with Crippen LogP contribution >= 0.6 is 11.3 Å². The number of nitrogens with two attached hydrogens (primary N) is 1. The summed E-state index contributed by atoms with van der Waals surface area (Å²) in [4.78, 5) is 65.4. The molecular formula is C31H32N8O6S. The first-order chi connectivity index (χ1) is 22.3. The molecule has 4 aromatic heterocycles. The van der Waals surface area contributed by atoms with Crippen LogP contribution in [0.1, 0.15) is 62.6 Å². The van der Waals surface area contributed by atoms with E-state index in [0.717, 1.165) is 12.6 Å². The fourth-order valence-corrected chi connectivity index (χ4v) is 5.90. The van der Waals surface area contributed by atoms with Gasteiger partial charge in [-0.1, -0.05) is 30.4 Å². The lowest BCUT2D eigenvalue weighted by Gasteiger charge is -2.11. The third-order valence-corrected chi connectivity index (χ3v) is 8.01. The van der Waals surface area contributed by atoms with E-state index in [4.69, 9.17) is 14.9 Å². The number of nitrogens with zero attached hydrogens (tertiary/aromatic N) is 6. The van der Waals surface area contributed by atoms with Gasteiger partial charge < -0.3 is 29.6 Å². The highest BCUT2D eigenvalue weighted by Crippen LogP contribution is 2.30. The molecule has 0 fully saturated rings. The minimum Gasteiger partial charge on any atom is -0.491 e. The van der Waals surface area contributed by atoms with Crippen molar-refractivity contribution in [1.29, 1.82) is 0 Å². The number of anilines is 1. The van der Waals surface area contributed by atoms with Gasteiger partial charge in [0.1, 0.15) is 23.8 Å². The molecule has 0 aliphatic carbocycles. The molecule has 0 aliphatic rings. The molecule has 0 radical (unpaired) electrons. The number of hydrogen-bond acceptors (Lipinski definition) is 11. The number of allylic oxidation sites excluding steroid dienone is 2. The van der Waals surface area contributed by atoms with Crippen LogP contribution in [0, 0.1) is 6.92 Å². The number of aryl methyl sites for hydroxylation is 2. The van der Waals surface area contributed by atoms with Crippen molar-refractivity contribution in [2.75, 3.05) is 19.0 Å². The molecule has 1 aromatic carbocycles. The SMILES string of the molecule is CCc1nc(C)oc1C(=O)N=c1sc2cc(C(N)=O)cnc2n1C/C=C/Cn1c(NC)nc2cc(C=O)cc(OCCCC=O)c21. The van der Waals surface area contributed by atoms with Gasteiger partial charge in [0.2, 0.25) is 17.6 Å². The fraction of sp³-hybridized carbons (Fsp3) is 0.290. The minimum atomic E-state index is -0.617. The molecular weight excluding hydrogens is 612 g/mol. The minimum absolute atomic E-state index is 0.0823. The first kappa shape index (κ1) is 32.0. The zero-order valence-electron chi connectivity index (χ0n) is 25.5. The maximum Gasteiger partial charge on any atom is 0.317 e. The summed E-state index contributed by atoms with van der Waals surface area (Å²) in [7, 11) is 1.75. The van der Waals surface area contributed by atoms with Crippen LogP contribution in [0.2, 0.25) is 0 Å². The number of fused-ring (bicyclic) bond motifs is 2. The van der Waals surface area contributed by atoms with Gasteiger partial charge in [-0.25, -0.2) is 15.0 Å². The maximum absolute atomic E-state index is 13.2. The first-order valence-corrected chi connectivity index (χ1v) is 15.3. The summed E-state index contributed by atoms with van der Waals surface area (Å²) in [6.07, 6.45) is 8.18. The number of primary amides is 1. The number of rotatable bonds is 14. The van der Waals surface area contributed by atoms with Gasteiger partial charge in [-0.3, -0.25) is 19.0 Å². The molecule has 5 rings (SSSR count). The highest BCUT2D eigenvalue weighted by Gasteiger charge is 2.19. The van der Waals surface area contributed by atoms with Crippen molar-refractivity contribution in [2.24, 2.45) is 10.7 Å². The van der Waals surface area contributed by atoms with Gasteiger partial charge in [0.25, 0.3) is 0 Å². The van der Waals surface area contributed by atoms with Crippen LogP contribution in [-0.2, 0) is 24.3 Å². The van der Waals surface area contributed by atoms with E-state index in [0.29, 0.717) is 87.4 Å². The van der Waals surface area contributed by atoms with E-state index in [9.17, 15) is 19.2 Å². The Morgan fingerprint density at radius 1 is 1.15 bits per heavy atom. The van der Waals surface area contributed by atoms with Crippen molar-refractivity contribution < 1.29 is 28.3 Å². The van der Waals surface area contributed by atoms with E-state index in [1.807, 2.05) is 23.6 Å². The average molecular weight is 645 g/mol. The normalized spacial score (nSPS) is 11.9. The topological polar surface area (TPSA) is 190 Å². The smallest absolute Gasteiger partial charge is 0.317 e. The number of carbonyl (C=O) groups excluding carboxylic acids is 4. The van der Waals surface area contributed by atoms with E-state index >= 15 is 0 Å². The average Bonchev–Trinajstić information content (AvgIpc) is 3.72. The Hall–Kier alpha value is -5.44. The Morgan fingerprint density at radius 2 is 1.93 bits per heavy atom. The Morgan fingerprint density at radius 3 is 2.63 bits per heavy atom. The zero-order valence-corrected chi connectivity index (χ0v) is 26.3. The van der Waals surface area contributed by atoms with Crippen LogP contribution in [0.15, 0.2) is 46.0 Å². The molecule has 46 heavy (non-hydrogen) atoms. The molecule has 0 saturated carbocycles. The molecule has 2 amide bonds. The van der Waals surface area contributed by atoms with Crippen molar-refractivity contribution in [3.63, 3.8) is 0 Å². The number of amides is 2. The second kappa shape index (κ2) is 14.1. The molecule has 14 nitrogen and oxygen atoms in total. The van der Waals surface area contributed by atoms with Gasteiger partial charge >= 0.3 is 5.91 Å². The van der Waals surface area contributed by atoms with Gasteiger partial charge in [0, 0.05) is 45.2 Å². The van der Waals surface area contributed by atoms with Gasteiger partial charge in [-0.15, -0.1) is 0 Å². The summed E-state index contributed by atoms with van der Waals surface area (Å²) in [6, 6.07) is 4.96. The monoisotopic (exact) mass is 644 g/mol. The van der Waals surface area contributed by atoms with Crippen LogP contribution < -0.4 is 20.6 Å². The fourth-order valence-electron chi connectivity index (χ4n) is 4.86. The lowest BCUT2D eigenvalue weighted by atomic mass is 10.2. The lowest BCUT2D eigenvalue weighted by Crippen LogP contribution is -2.17. The van der Waals surface area contributed by atoms with Crippen LogP contribution in [0.25, 0.3) is 21.4 Å². The van der Waals surface area contributed by atoms with Gasteiger partial charge in [-0.05, 0) is 31.0 Å². The Bertz CT molecular complexity index is 2050. The van der Waals surface area contributed by atoms with Crippen LogP contribution in [0.4, 0.5) is 5.95 Å². The number of hydrogen-bond donors (Lipinski definition) is 2. The Labute approximate surface area is 266 Å². The molecule has 0 saturated heterocycles. The second-order valence-corrected chi connectivity index (χ2v) is 11.1. The third-order valence-electron chi connectivity index (χ3n) is 6.99. The second-order valence-electron chi connectivity index (χ2n) is 10.1. The number of ether oxygens (including phenoxy) is 1. The summed E-state index contributed by atoms with van der Waals surface area (Å²) < 4.78 is 15.8. The van der Waals surface area contributed by atoms with Crippen molar-refractivity contribution >= 4 is 63.1 Å². The van der Waals surface area contributed by atoms with Crippen LogP contribution in [0.5, 0.6) is 5.75 Å². The number of pyridine rings is 1. The van der Waals surface area contributed by atoms with Crippen LogP contribution in [-0.4, -0.2) is 62.1 Å². The van der Waals surface area contributed by atoms with Crippen molar-refractivity contribution in [1.82, 2.24) is 24.1 Å². The van der Waals surface area contributed by atoms with Gasteiger partial charge in [0.15, 0.2) is 16.3 Å². The van der Waals surface area contributed by atoms with Gasteiger partial charge in [0.05, 0.1) is 28.1 Å². The number of unbranched alkanes of at least 4 members (excludes halogenated alkanes) is 1. The van der Waals surface area contributed by atoms with Crippen molar-refractivity contribution in [3.05, 3.63) is 69.8 Å². The number of aldehydes is 2. The lowest BCUT2D eigenvalue weighted by molar-refractivity contribution is -0.108. The standard InChI is InChI=1S/C31H32N8O6S/c1-4-21-26(45-18(2)35-21)29(43)37-31-39(28-24(46-31)15-20(16-34-28)27(32)42)10-6-5-9-38-25-22(36-30(38)33-3)13-19(17-41)14-23(25)44-12-8-7-11-40/h5-6,11,13-17H,4,7-10,12H2,1-3H3,(H2,32,42)(H,33,36)/b6-5+,37-31?. The number of nitrogens with one attached hydrogen (secondary N) is 1. The van der Waals surface area contributed by atoms with E-state index in [-0.39, 0.29) is 17.9 Å². The molecule has 0 spiro atoms. The molecule has 0 aliphatic heterocycles. The summed E-state index contributed by atoms with van der Waals surface area (Å²) in [6.45, 7) is 4.51. The summed E-state index contributed by atoms with van der Waals surface area (Å²) in [5.74, 6) is 0.308. The molecule has 15 heteroatoms. The Kier molecular flexibility index (Phi) is 9.81.